The first-order valence-electron chi connectivity index (χ1n) is 15.2. The zero-order valence-electron chi connectivity index (χ0n) is 23.4. The van der Waals surface area contributed by atoms with Crippen LogP contribution >= 0.6 is 11.8 Å². The molecule has 1 aliphatic heterocycles. The molecule has 0 N–H and O–H groups in total. The van der Waals surface area contributed by atoms with Crippen LogP contribution in [0.15, 0.2) is 95.9 Å². The number of benzene rings is 3. The molecule has 1 saturated heterocycles. The van der Waals surface area contributed by atoms with E-state index in [9.17, 15) is 0 Å². The van der Waals surface area contributed by atoms with Gasteiger partial charge >= 0.3 is 0 Å². The molecule has 5 aromatic rings. The van der Waals surface area contributed by atoms with Crippen molar-refractivity contribution in [1.82, 2.24) is 14.5 Å². The molecule has 0 saturated carbocycles. The van der Waals surface area contributed by atoms with Crippen molar-refractivity contribution in [2.24, 2.45) is 11.8 Å². The fraction of sp³-hybridized carbons (Fsp3) is 0.211. The molecule has 0 amide bonds. The summed E-state index contributed by atoms with van der Waals surface area (Å²) in [5, 5.41) is 4.23. The number of hydrogen-bond acceptors (Lipinski definition) is 3. The minimum absolute atomic E-state index is 0.551. The molecular formula is C38H31N3S. The summed E-state index contributed by atoms with van der Waals surface area (Å²) in [6, 6.07) is 28.3. The first-order valence-corrected chi connectivity index (χ1v) is 16.1. The number of rotatable bonds is 3. The second kappa shape index (κ2) is 9.71. The molecule has 0 bridgehead atoms. The summed E-state index contributed by atoms with van der Waals surface area (Å²) in [4.78, 5) is 12.2. The Morgan fingerprint density at radius 1 is 0.762 bits per heavy atom. The van der Waals surface area contributed by atoms with Crippen LogP contribution in [0.25, 0.3) is 57.5 Å². The molecule has 42 heavy (non-hydrogen) atoms. The molecule has 2 aromatic heterocycles. The molecule has 0 radical (unpaired) electrons. The number of para-hydroxylation sites is 1. The average molecular weight is 562 g/mol. The van der Waals surface area contributed by atoms with Crippen LogP contribution in [0.2, 0.25) is 0 Å². The monoisotopic (exact) mass is 561 g/mol. The van der Waals surface area contributed by atoms with Crippen molar-refractivity contribution >= 4 is 40.9 Å². The molecule has 3 aromatic carbocycles. The number of nitrogens with zero attached hydrogens (tertiary/aromatic N) is 3. The van der Waals surface area contributed by atoms with Gasteiger partial charge in [-0.3, -0.25) is 4.57 Å². The molecule has 3 nitrogen and oxygen atoms in total. The normalized spacial score (nSPS) is 21.9. The SMILES string of the molecule is C1=CC2C(CC1)SC1=Cc3c(n(-c4nc(-c5ccc(-c6ccccc6)cc5)c5c(n4)=CCCC=5)c4ccccc34)CC12. The van der Waals surface area contributed by atoms with Gasteiger partial charge < -0.3 is 0 Å². The average Bonchev–Trinajstić information content (AvgIpc) is 3.58. The maximum absolute atomic E-state index is 5.39. The molecule has 0 spiro atoms. The Balaban J connectivity index is 1.23. The number of aromatic nitrogens is 3. The van der Waals surface area contributed by atoms with Crippen molar-refractivity contribution in [3.05, 3.63) is 118 Å². The maximum atomic E-state index is 5.39. The quantitative estimate of drug-likeness (QED) is 0.212. The van der Waals surface area contributed by atoms with Gasteiger partial charge in [0.25, 0.3) is 0 Å². The van der Waals surface area contributed by atoms with Crippen molar-refractivity contribution in [3.63, 3.8) is 0 Å². The number of thioether (sulfide) groups is 1. The van der Waals surface area contributed by atoms with Crippen LogP contribution in [-0.2, 0) is 6.42 Å². The molecule has 4 heteroatoms. The van der Waals surface area contributed by atoms with E-state index in [1.165, 1.54) is 46.1 Å². The third-order valence-electron chi connectivity index (χ3n) is 9.52. The summed E-state index contributed by atoms with van der Waals surface area (Å²) in [5.74, 6) is 1.97. The van der Waals surface area contributed by atoms with Crippen molar-refractivity contribution in [2.45, 2.75) is 37.4 Å². The smallest absolute Gasteiger partial charge is 0.235 e. The first-order chi connectivity index (χ1) is 20.8. The predicted molar refractivity (Wildman–Crippen MR) is 176 cm³/mol. The summed E-state index contributed by atoms with van der Waals surface area (Å²) in [6.07, 6.45) is 17.6. The number of fused-ring (bicyclic) bond motifs is 7. The Labute approximate surface area is 250 Å². The third kappa shape index (κ3) is 3.81. The van der Waals surface area contributed by atoms with Gasteiger partial charge in [-0.05, 0) is 66.2 Å². The highest BCUT2D eigenvalue weighted by Crippen LogP contribution is 2.55. The lowest BCUT2D eigenvalue weighted by Crippen LogP contribution is -2.35. The molecule has 4 aliphatic rings. The van der Waals surface area contributed by atoms with Gasteiger partial charge in [0.1, 0.15) is 0 Å². The Morgan fingerprint density at radius 3 is 2.45 bits per heavy atom. The lowest BCUT2D eigenvalue weighted by Gasteiger charge is -2.26. The Hall–Kier alpha value is -4.15. The standard InChI is InChI=1S/C38H31N3S/c1-2-10-24(11-3-1)25-18-20-26(21-19-25)37-29-14-4-7-15-32(29)39-38(40-37)41-33-16-8-5-12-27(33)30-23-36-31(22-34(30)41)28-13-6-9-17-35(28)42-36/h1-3,5-6,8,10-16,18-21,23,28,31,35H,4,7,9,17,22H2. The van der Waals surface area contributed by atoms with E-state index in [1.54, 1.807) is 4.91 Å². The van der Waals surface area contributed by atoms with Gasteiger partial charge in [-0.15, -0.1) is 11.8 Å². The van der Waals surface area contributed by atoms with Crippen LogP contribution in [0, 0.1) is 11.8 Å². The van der Waals surface area contributed by atoms with Gasteiger partial charge in [0, 0.05) is 38.6 Å². The summed E-state index contributed by atoms with van der Waals surface area (Å²) >= 11 is 2.13. The molecule has 1 fully saturated rings. The van der Waals surface area contributed by atoms with Gasteiger partial charge in [0.2, 0.25) is 5.95 Å². The number of allylic oxidation sites excluding steroid dienone is 3. The highest BCUT2D eigenvalue weighted by atomic mass is 32.2. The highest BCUT2D eigenvalue weighted by Gasteiger charge is 2.42. The molecule has 3 unspecified atom stereocenters. The molecular weight excluding hydrogens is 531 g/mol. The van der Waals surface area contributed by atoms with E-state index in [-0.39, 0.29) is 0 Å². The Kier molecular flexibility index (Phi) is 5.65. The van der Waals surface area contributed by atoms with Crippen LogP contribution in [0.5, 0.6) is 0 Å². The van der Waals surface area contributed by atoms with Crippen molar-refractivity contribution < 1.29 is 0 Å². The van der Waals surface area contributed by atoms with E-state index in [4.69, 9.17) is 9.97 Å². The zero-order chi connectivity index (χ0) is 27.6. The van der Waals surface area contributed by atoms with Crippen LogP contribution < -0.4 is 10.6 Å². The predicted octanol–water partition coefficient (Wildman–Crippen LogP) is 7.70. The summed E-state index contributed by atoms with van der Waals surface area (Å²) < 4.78 is 2.38. The molecule has 204 valence electrons. The first kappa shape index (κ1) is 24.4. The lowest BCUT2D eigenvalue weighted by atomic mass is 9.79. The van der Waals surface area contributed by atoms with Crippen LogP contribution in [-0.4, -0.2) is 19.8 Å². The van der Waals surface area contributed by atoms with Crippen molar-refractivity contribution in [3.8, 4) is 28.3 Å². The van der Waals surface area contributed by atoms with E-state index >= 15 is 0 Å². The van der Waals surface area contributed by atoms with Gasteiger partial charge in [-0.25, -0.2) is 9.97 Å². The molecule has 3 atom stereocenters. The second-order valence-electron chi connectivity index (χ2n) is 11.9. The van der Waals surface area contributed by atoms with E-state index in [2.05, 4.69) is 126 Å². The number of hydrogen-bond donors (Lipinski definition) is 0. The summed E-state index contributed by atoms with van der Waals surface area (Å²) in [5.41, 5.74) is 8.52. The Bertz CT molecular complexity index is 2050. The zero-order valence-corrected chi connectivity index (χ0v) is 24.2. The van der Waals surface area contributed by atoms with Gasteiger partial charge in [-0.2, -0.15) is 0 Å². The molecule has 3 aliphatic carbocycles. The molecule has 3 heterocycles. The summed E-state index contributed by atoms with van der Waals surface area (Å²) in [7, 11) is 0. The van der Waals surface area contributed by atoms with Crippen LogP contribution in [0.3, 0.4) is 0 Å². The molecule has 9 rings (SSSR count). The van der Waals surface area contributed by atoms with Crippen molar-refractivity contribution in [2.75, 3.05) is 0 Å². The third-order valence-corrected chi connectivity index (χ3v) is 11.1. The van der Waals surface area contributed by atoms with E-state index < -0.39 is 0 Å². The van der Waals surface area contributed by atoms with Gasteiger partial charge in [0.05, 0.1) is 16.6 Å². The topological polar surface area (TPSA) is 30.7 Å². The lowest BCUT2D eigenvalue weighted by molar-refractivity contribution is 0.438. The highest BCUT2D eigenvalue weighted by molar-refractivity contribution is 8.04. The second-order valence-corrected chi connectivity index (χ2v) is 13.2. The minimum atomic E-state index is 0.551. The van der Waals surface area contributed by atoms with Gasteiger partial charge in [0.15, 0.2) is 0 Å². The van der Waals surface area contributed by atoms with E-state index in [0.29, 0.717) is 17.1 Å². The van der Waals surface area contributed by atoms with Crippen molar-refractivity contribution in [1.29, 1.82) is 0 Å². The fourth-order valence-corrected chi connectivity index (χ4v) is 9.14. The largest absolute Gasteiger partial charge is 0.282 e. The van der Waals surface area contributed by atoms with Crippen LogP contribution in [0.1, 0.15) is 36.9 Å². The fourth-order valence-electron chi connectivity index (χ4n) is 7.50. The summed E-state index contributed by atoms with van der Waals surface area (Å²) in [6.45, 7) is 0. The van der Waals surface area contributed by atoms with E-state index in [0.717, 1.165) is 47.0 Å². The minimum Gasteiger partial charge on any atom is -0.282 e. The Morgan fingerprint density at radius 2 is 1.55 bits per heavy atom. The van der Waals surface area contributed by atoms with E-state index in [1.807, 2.05) is 0 Å². The van der Waals surface area contributed by atoms with Crippen LogP contribution in [0.4, 0.5) is 0 Å². The van der Waals surface area contributed by atoms with Gasteiger partial charge in [-0.1, -0.05) is 97.1 Å². The maximum Gasteiger partial charge on any atom is 0.235 e.